The van der Waals surface area contributed by atoms with Crippen molar-refractivity contribution in [3.8, 4) is 0 Å². The van der Waals surface area contributed by atoms with Crippen molar-refractivity contribution in [1.82, 2.24) is 0 Å². The first-order valence-electron chi connectivity index (χ1n) is 14.2. The van der Waals surface area contributed by atoms with Crippen LogP contribution in [0.2, 0.25) is 36.5 Å². The van der Waals surface area contributed by atoms with E-state index in [4.69, 9.17) is 0 Å². The zero-order valence-corrected chi connectivity index (χ0v) is 27.5. The van der Waals surface area contributed by atoms with E-state index in [-0.39, 0.29) is 32.7 Å². The first-order valence-corrected chi connectivity index (χ1v) is 23.8. The molecule has 10 saturated heterocycles. The first kappa shape index (κ1) is 23.0. The topological polar surface area (TPSA) is 0 Å². The molecule has 6 heteroatoms. The summed E-state index contributed by atoms with van der Waals surface area (Å²) >= 11 is 4.56. The third kappa shape index (κ3) is 0.553. The Balaban J connectivity index is 0.00000100. The molecule has 0 N–H and O–H groups in total. The number of hydrogen-bond donors (Lipinski definition) is 0. The predicted molar refractivity (Wildman–Crippen MR) is 167 cm³/mol. The molecule has 5 atom stereocenters. The molecule has 0 aromatic heterocycles. The van der Waals surface area contributed by atoms with Gasteiger partial charge in [0, 0.05) is 0 Å². The Labute approximate surface area is 251 Å². The fourth-order valence-electron chi connectivity index (χ4n) is 20.8. The molecule has 40 heavy (non-hydrogen) atoms. The van der Waals surface area contributed by atoms with Crippen LogP contribution in [0.3, 0.4) is 0 Å². The molecular weight excluding hydrogens is 703 g/mol. The summed E-state index contributed by atoms with van der Waals surface area (Å²) in [6.07, 6.45) is 0. The van der Waals surface area contributed by atoms with Crippen LogP contribution in [0.15, 0.2) is 121 Å². The summed E-state index contributed by atoms with van der Waals surface area (Å²) in [7, 11) is -0.770. The molecular formula is C34H29Cl2FeP2Pd. The Bertz CT molecular complexity index is 2140. The fourth-order valence-corrected chi connectivity index (χ4v) is 139. The van der Waals surface area contributed by atoms with E-state index >= 15 is 0 Å². The van der Waals surface area contributed by atoms with Crippen LogP contribution in [0.5, 0.6) is 0 Å². The van der Waals surface area contributed by atoms with E-state index in [2.05, 4.69) is 141 Å². The Kier molecular flexibility index (Phi) is 2.11. The summed E-state index contributed by atoms with van der Waals surface area (Å²) < 4.78 is 1.89. The predicted octanol–water partition coefficient (Wildman–Crippen LogP) is 8.18. The van der Waals surface area contributed by atoms with Crippen molar-refractivity contribution in [2.75, 3.05) is 0 Å². The van der Waals surface area contributed by atoms with Crippen molar-refractivity contribution in [2.45, 2.75) is 44.6 Å². The van der Waals surface area contributed by atoms with Gasteiger partial charge >= 0.3 is 229 Å². The van der Waals surface area contributed by atoms with E-state index in [1.165, 1.54) is 33.7 Å². The van der Waals surface area contributed by atoms with Gasteiger partial charge in [-0.25, -0.2) is 0 Å². The van der Waals surface area contributed by atoms with Crippen molar-refractivity contribution in [3.63, 3.8) is 0 Å². The Hall–Kier alpha value is -0.498. The molecule has 0 aliphatic carbocycles. The molecule has 4 aromatic rings. The average Bonchev–Trinajstić information content (AvgIpc) is 3.94. The number of rotatable bonds is 6. The van der Waals surface area contributed by atoms with Crippen molar-refractivity contribution in [1.29, 1.82) is 0 Å². The monoisotopic (exact) mass is 731 g/mol. The van der Waals surface area contributed by atoms with Gasteiger partial charge in [0.15, 0.2) is 0 Å². The van der Waals surface area contributed by atoms with Crippen molar-refractivity contribution in [2.24, 2.45) is 0 Å². The molecule has 14 rings (SSSR count). The van der Waals surface area contributed by atoms with E-state index in [0.29, 0.717) is 10.9 Å². The number of hydrogen-bond acceptors (Lipinski definition) is 0. The normalized spacial score (nSPS) is 60.5. The second-order valence-corrected chi connectivity index (χ2v) is 46.0. The Morgan fingerprint density at radius 3 is 1.10 bits per heavy atom. The van der Waals surface area contributed by atoms with Gasteiger partial charge in [-0.3, -0.25) is 0 Å². The molecule has 4 aromatic carbocycles. The molecule has 5 unspecified atom stereocenters. The van der Waals surface area contributed by atoms with Gasteiger partial charge in [-0.15, -0.1) is 24.8 Å². The Morgan fingerprint density at radius 2 is 0.800 bits per heavy atom. The molecule has 1 spiro atoms. The molecule has 207 valence electrons. The standard InChI is InChI=1S/C29H22P2.C5H5.2ClH.Fe.Pd/c1-5-14-24(15-6-1)30(25-16-7-2-8-17-25)28-22-13-23-29(28)31(26-18-9-3-10-19-26)27-20-11-4-12-21-27;1-2-4-5-3-1;;;;/h1-22H;1-5H;2*1H;;. The maximum absolute atomic E-state index is 4.56. The van der Waals surface area contributed by atoms with Gasteiger partial charge in [-0.05, 0) is 0 Å². The second kappa shape index (κ2) is 3.67. The van der Waals surface area contributed by atoms with Gasteiger partial charge in [0.25, 0.3) is 0 Å². The molecule has 0 bridgehead atoms. The van der Waals surface area contributed by atoms with Gasteiger partial charge in [0.1, 0.15) is 0 Å². The number of halogens is 2. The van der Waals surface area contributed by atoms with Gasteiger partial charge in [-0.1, -0.05) is 0 Å². The molecule has 10 aliphatic heterocycles. The molecule has 10 fully saturated rings. The minimum atomic E-state index is -4.05. The van der Waals surface area contributed by atoms with Crippen molar-refractivity contribution in [3.05, 3.63) is 121 Å². The second-order valence-electron chi connectivity index (χ2n) is 15.6. The third-order valence-electron chi connectivity index (χ3n) is 19.3. The van der Waals surface area contributed by atoms with Gasteiger partial charge in [0.2, 0.25) is 0 Å². The molecule has 0 saturated carbocycles. The van der Waals surface area contributed by atoms with Crippen LogP contribution in [-0.4, -0.2) is 8.11 Å². The van der Waals surface area contributed by atoms with Crippen LogP contribution in [-0.2, 0) is 25.7 Å². The van der Waals surface area contributed by atoms with E-state index in [0.717, 1.165) is 0 Å². The van der Waals surface area contributed by atoms with E-state index in [1.54, 1.807) is 21.2 Å². The van der Waals surface area contributed by atoms with Crippen LogP contribution >= 0.6 is 40.7 Å². The summed E-state index contributed by atoms with van der Waals surface area (Å²) in [5.74, 6) is 0. The van der Waals surface area contributed by atoms with Crippen molar-refractivity contribution < 1.29 is 25.7 Å². The zero-order chi connectivity index (χ0) is 24.5. The van der Waals surface area contributed by atoms with Crippen LogP contribution in [0.25, 0.3) is 0 Å². The fraction of sp³-hybridized carbons (Fsp3) is 0.294. The maximum atomic E-state index is 4.56. The summed E-state index contributed by atoms with van der Waals surface area (Å²) in [5.41, 5.74) is 0. The van der Waals surface area contributed by atoms with E-state index in [9.17, 15) is 0 Å². The number of fused-ring (bicyclic) bond motifs is 10. The van der Waals surface area contributed by atoms with E-state index in [1.807, 2.05) is 0 Å². The summed E-state index contributed by atoms with van der Waals surface area (Å²) in [6, 6.07) is 48.0. The SMILES string of the molecule is Cl.Cl.[Pd][C]12[CH]3[CH]4[C]5(P(c6ccccc6)c6ccccc6)[C]1(P(c1ccccc1)c1ccccc1)[Fe]34251678[CH]2[CH]1[CH]6[CH]7[CH]28. The molecule has 0 nitrogen and oxygen atoms in total. The molecule has 10 aliphatic rings. The molecule has 0 radical (unpaired) electrons. The van der Waals surface area contributed by atoms with Crippen molar-refractivity contribution >= 4 is 61.9 Å². The molecule has 10 heterocycles. The van der Waals surface area contributed by atoms with Crippen LogP contribution in [0, 0.1) is 0 Å². The Morgan fingerprint density at radius 1 is 0.475 bits per heavy atom. The summed E-state index contributed by atoms with van der Waals surface area (Å²) in [5, 5.41) is 6.75. The first-order chi connectivity index (χ1) is 18.5. The minimum absolute atomic E-state index is 0. The summed E-state index contributed by atoms with van der Waals surface area (Å²) in [6.45, 7) is -4.05. The molecule has 0 amide bonds. The quantitative estimate of drug-likeness (QED) is 0.139. The van der Waals surface area contributed by atoms with Crippen LogP contribution in [0.1, 0.15) is 0 Å². The average molecular weight is 733 g/mol. The van der Waals surface area contributed by atoms with Gasteiger partial charge in [0.05, 0.1) is 0 Å². The van der Waals surface area contributed by atoms with E-state index < -0.39 is 14.4 Å². The number of benzene rings is 4. The third-order valence-corrected chi connectivity index (χ3v) is 83.4. The van der Waals surface area contributed by atoms with Crippen LogP contribution < -0.4 is 21.2 Å². The van der Waals surface area contributed by atoms with Gasteiger partial charge < -0.3 is 0 Å². The zero-order valence-electron chi connectivity index (χ0n) is 21.5. The van der Waals surface area contributed by atoms with Gasteiger partial charge in [-0.2, -0.15) is 0 Å². The summed E-state index contributed by atoms with van der Waals surface area (Å²) in [4.78, 5) is 8.45. The van der Waals surface area contributed by atoms with Crippen LogP contribution in [0.4, 0.5) is 0 Å².